The topological polar surface area (TPSA) is 146 Å². The Balaban J connectivity index is 0.000000167. The lowest BCUT2D eigenvalue weighted by Crippen LogP contribution is -2.58. The molecule has 1 saturated heterocycles. The summed E-state index contributed by atoms with van der Waals surface area (Å²) in [6.07, 6.45) is -5.50. The van der Waals surface area contributed by atoms with Gasteiger partial charge in [0.2, 0.25) is 0 Å². The molecule has 3 rings (SSSR count). The molecule has 0 unspecified atom stereocenters. The van der Waals surface area contributed by atoms with E-state index >= 15 is 0 Å². The molecule has 1 aliphatic rings. The predicted molar refractivity (Wildman–Crippen MR) is 81.0 cm³/mol. The zero-order chi connectivity index (χ0) is 17.1. The van der Waals surface area contributed by atoms with Gasteiger partial charge in [-0.25, -0.2) is 0 Å². The molecule has 1 aromatic carbocycles. The molecule has 7 N–H and O–H groups in total. The van der Waals surface area contributed by atoms with Crippen molar-refractivity contribution in [1.82, 2.24) is 4.98 Å². The van der Waals surface area contributed by atoms with E-state index in [2.05, 4.69) is 9.72 Å². The number of rotatable bonds is 1. The van der Waals surface area contributed by atoms with Gasteiger partial charge in [0, 0.05) is 16.6 Å². The number of aliphatic hydroxyl groups is 5. The molecule has 8 nitrogen and oxygen atoms in total. The summed E-state index contributed by atoms with van der Waals surface area (Å²) in [5.41, 5.74) is 0.856. The summed E-state index contributed by atoms with van der Waals surface area (Å²) in [4.78, 5) is 2.89. The van der Waals surface area contributed by atoms with Gasteiger partial charge >= 0.3 is 0 Å². The molecule has 2 aromatic rings. The Hall–Kier alpha value is -1.39. The maximum absolute atomic E-state index is 9.23. The van der Waals surface area contributed by atoms with Gasteiger partial charge in [0.25, 0.3) is 0 Å². The number of nitrogens with one attached hydrogen (secondary N) is 1. The van der Waals surface area contributed by atoms with E-state index in [0.717, 1.165) is 10.9 Å². The normalized spacial score (nSPS) is 30.8. The maximum atomic E-state index is 9.23. The molecule has 0 bridgehead atoms. The highest BCUT2D eigenvalue weighted by atomic mass is 35.5. The van der Waals surface area contributed by atoms with Crippen LogP contribution in [-0.2, 0) is 4.74 Å². The first kappa shape index (κ1) is 18.0. The van der Waals surface area contributed by atoms with Gasteiger partial charge in [0.15, 0.2) is 6.29 Å². The average molecular weight is 348 g/mol. The number of aliphatic hydroxyl groups excluding tert-OH is 5. The van der Waals surface area contributed by atoms with Crippen molar-refractivity contribution in [2.75, 3.05) is 6.61 Å². The van der Waals surface area contributed by atoms with E-state index in [4.69, 9.17) is 37.1 Å². The SMILES string of the molecule is OC[C@H]1O[C@H](O)[C@@H](O)[C@@H](O)[C@@H]1O.Oc1c[nH]c2cc(Cl)ccc12. The number of H-pyrrole nitrogens is 1. The number of benzene rings is 1. The first-order valence-electron chi connectivity index (χ1n) is 6.79. The van der Waals surface area contributed by atoms with Crippen LogP contribution in [0.15, 0.2) is 24.4 Å². The minimum atomic E-state index is -1.57. The minimum absolute atomic E-state index is 0.261. The van der Waals surface area contributed by atoms with Gasteiger partial charge in [-0.15, -0.1) is 0 Å². The number of aromatic hydroxyl groups is 1. The number of aromatic amines is 1. The molecular weight excluding hydrogens is 330 g/mol. The monoisotopic (exact) mass is 347 g/mol. The molecule has 1 fully saturated rings. The summed E-state index contributed by atoms with van der Waals surface area (Å²) in [7, 11) is 0. The smallest absolute Gasteiger partial charge is 0.184 e. The molecule has 5 atom stereocenters. The third-order valence-corrected chi connectivity index (χ3v) is 3.72. The van der Waals surface area contributed by atoms with E-state index in [1.165, 1.54) is 0 Å². The summed E-state index contributed by atoms with van der Waals surface area (Å²) >= 11 is 5.73. The van der Waals surface area contributed by atoms with E-state index in [9.17, 15) is 5.11 Å². The third kappa shape index (κ3) is 3.93. The molecule has 0 aliphatic carbocycles. The van der Waals surface area contributed by atoms with Crippen molar-refractivity contribution in [2.24, 2.45) is 0 Å². The summed E-state index contributed by atoms with van der Waals surface area (Å²) in [6.45, 7) is -0.526. The van der Waals surface area contributed by atoms with Crippen molar-refractivity contribution in [1.29, 1.82) is 0 Å². The largest absolute Gasteiger partial charge is 0.506 e. The zero-order valence-corrected chi connectivity index (χ0v) is 12.6. The average Bonchev–Trinajstić information content (AvgIpc) is 2.90. The number of ether oxygens (including phenoxy) is 1. The summed E-state index contributed by atoms with van der Waals surface area (Å²) in [5.74, 6) is 0.261. The van der Waals surface area contributed by atoms with Crippen LogP contribution in [0.3, 0.4) is 0 Å². The Labute approximate surface area is 136 Å². The Morgan fingerprint density at radius 2 is 1.78 bits per heavy atom. The van der Waals surface area contributed by atoms with Crippen LogP contribution in [0.4, 0.5) is 0 Å². The van der Waals surface area contributed by atoms with Crippen molar-refractivity contribution in [3.05, 3.63) is 29.4 Å². The van der Waals surface area contributed by atoms with E-state index in [0.29, 0.717) is 5.02 Å². The molecule has 0 saturated carbocycles. The van der Waals surface area contributed by atoms with E-state index in [1.54, 1.807) is 24.4 Å². The number of hydrogen-bond donors (Lipinski definition) is 7. The van der Waals surface area contributed by atoms with Crippen LogP contribution in [-0.4, -0.2) is 72.9 Å². The molecular formula is C14H18ClNO7. The lowest BCUT2D eigenvalue weighted by Gasteiger charge is -2.37. The van der Waals surface area contributed by atoms with Crippen molar-refractivity contribution >= 4 is 22.5 Å². The van der Waals surface area contributed by atoms with Gasteiger partial charge in [0.1, 0.15) is 30.2 Å². The molecule has 0 amide bonds. The second kappa shape index (κ2) is 7.45. The summed E-state index contributed by atoms with van der Waals surface area (Å²) < 4.78 is 4.58. The maximum Gasteiger partial charge on any atom is 0.184 e. The van der Waals surface area contributed by atoms with E-state index < -0.39 is 37.3 Å². The van der Waals surface area contributed by atoms with Crippen LogP contribution in [0.25, 0.3) is 10.9 Å². The Morgan fingerprint density at radius 3 is 2.43 bits per heavy atom. The lowest BCUT2D eigenvalue weighted by molar-refractivity contribution is -0.286. The first-order valence-corrected chi connectivity index (χ1v) is 7.17. The van der Waals surface area contributed by atoms with Gasteiger partial charge in [-0.05, 0) is 18.2 Å². The number of fused-ring (bicyclic) bond motifs is 1. The number of aromatic nitrogens is 1. The van der Waals surface area contributed by atoms with Crippen molar-refractivity contribution in [3.8, 4) is 5.75 Å². The predicted octanol–water partition coefficient (Wildman–Crippen LogP) is -0.695. The molecule has 0 spiro atoms. The van der Waals surface area contributed by atoms with Crippen molar-refractivity contribution < 1.29 is 35.4 Å². The second-order valence-electron chi connectivity index (χ2n) is 5.08. The van der Waals surface area contributed by atoms with E-state index in [-0.39, 0.29) is 5.75 Å². The molecule has 9 heteroatoms. The fraction of sp³-hybridized carbons (Fsp3) is 0.429. The molecule has 23 heavy (non-hydrogen) atoms. The van der Waals surface area contributed by atoms with Gasteiger partial charge in [-0.1, -0.05) is 11.6 Å². The molecule has 1 aliphatic heterocycles. The van der Waals surface area contributed by atoms with Crippen LogP contribution < -0.4 is 0 Å². The summed E-state index contributed by atoms with van der Waals surface area (Å²) in [6, 6.07) is 5.30. The highest BCUT2D eigenvalue weighted by Gasteiger charge is 2.42. The zero-order valence-electron chi connectivity index (χ0n) is 11.9. The Morgan fingerprint density at radius 1 is 1.09 bits per heavy atom. The van der Waals surface area contributed by atoms with Crippen molar-refractivity contribution in [2.45, 2.75) is 30.7 Å². The van der Waals surface area contributed by atoms with Gasteiger partial charge in [-0.3, -0.25) is 0 Å². The molecule has 0 radical (unpaired) electrons. The quantitative estimate of drug-likeness (QED) is 0.361. The molecule has 128 valence electrons. The molecule has 2 heterocycles. The van der Waals surface area contributed by atoms with Gasteiger partial charge in [-0.2, -0.15) is 0 Å². The van der Waals surface area contributed by atoms with Crippen LogP contribution in [0, 0.1) is 0 Å². The van der Waals surface area contributed by atoms with Crippen molar-refractivity contribution in [3.63, 3.8) is 0 Å². The number of hydrogen-bond acceptors (Lipinski definition) is 7. The highest BCUT2D eigenvalue weighted by molar-refractivity contribution is 6.31. The third-order valence-electron chi connectivity index (χ3n) is 3.49. The van der Waals surface area contributed by atoms with Crippen LogP contribution >= 0.6 is 11.6 Å². The first-order chi connectivity index (χ1) is 10.8. The van der Waals surface area contributed by atoms with Crippen LogP contribution in [0.5, 0.6) is 5.75 Å². The number of halogens is 1. The van der Waals surface area contributed by atoms with Gasteiger partial charge in [0.05, 0.1) is 12.1 Å². The summed E-state index contributed by atoms with van der Waals surface area (Å²) in [5, 5.41) is 55.4. The Bertz CT molecular complexity index is 644. The minimum Gasteiger partial charge on any atom is -0.506 e. The molecule has 1 aromatic heterocycles. The second-order valence-corrected chi connectivity index (χ2v) is 5.52. The van der Waals surface area contributed by atoms with Crippen LogP contribution in [0.1, 0.15) is 0 Å². The van der Waals surface area contributed by atoms with Gasteiger partial charge < -0.3 is 40.4 Å². The highest BCUT2D eigenvalue weighted by Crippen LogP contribution is 2.25. The standard InChI is InChI=1S/C8H6ClNO.C6H12O6/c9-5-1-2-6-7(3-5)10-4-8(6)11;7-1-2-3(8)4(9)5(10)6(11)12-2/h1-4,10-11H;2-11H,1H2/t;2-,3-,4+,5+,6+/m.1/s1. The lowest BCUT2D eigenvalue weighted by atomic mass is 10.00. The van der Waals surface area contributed by atoms with Crippen LogP contribution in [0.2, 0.25) is 5.02 Å². The Kier molecular flexibility index (Phi) is 5.82. The fourth-order valence-electron chi connectivity index (χ4n) is 2.16. The fourth-order valence-corrected chi connectivity index (χ4v) is 2.34. The van der Waals surface area contributed by atoms with E-state index in [1.807, 2.05) is 0 Å².